The van der Waals surface area contributed by atoms with E-state index in [0.29, 0.717) is 13.1 Å². The first-order valence-electron chi connectivity index (χ1n) is 6.19. The van der Waals surface area contributed by atoms with Gasteiger partial charge < -0.3 is 15.3 Å². The van der Waals surface area contributed by atoms with Gasteiger partial charge in [0.25, 0.3) is 0 Å². The average molecular weight is 265 g/mol. The van der Waals surface area contributed by atoms with Crippen molar-refractivity contribution in [3.05, 3.63) is 29.6 Å². The Balaban J connectivity index is 2.49. The molecule has 1 heterocycles. The summed E-state index contributed by atoms with van der Waals surface area (Å²) in [4.78, 5) is 28.0. The predicted molar refractivity (Wildman–Crippen MR) is 70.7 cm³/mol. The number of carbonyl (C=O) groups is 2. The van der Waals surface area contributed by atoms with E-state index in [-0.39, 0.29) is 19.0 Å². The molecule has 2 amide bonds. The minimum atomic E-state index is -0.910. The largest absolute Gasteiger partial charge is 0.481 e. The fraction of sp³-hybridized carbons (Fsp3) is 0.462. The van der Waals surface area contributed by atoms with Gasteiger partial charge in [-0.25, -0.2) is 4.79 Å². The number of aryl methyl sites for hydroxylation is 1. The van der Waals surface area contributed by atoms with Crippen molar-refractivity contribution in [3.63, 3.8) is 0 Å². The van der Waals surface area contributed by atoms with Crippen LogP contribution in [0.15, 0.2) is 18.3 Å². The van der Waals surface area contributed by atoms with E-state index < -0.39 is 5.97 Å². The second-order valence-electron chi connectivity index (χ2n) is 4.15. The van der Waals surface area contributed by atoms with Gasteiger partial charge >= 0.3 is 12.0 Å². The molecule has 0 aliphatic heterocycles. The van der Waals surface area contributed by atoms with Crippen molar-refractivity contribution in [2.75, 3.05) is 13.1 Å². The van der Waals surface area contributed by atoms with Gasteiger partial charge in [-0.05, 0) is 25.5 Å². The van der Waals surface area contributed by atoms with Gasteiger partial charge in [0.05, 0.1) is 18.7 Å². The monoisotopic (exact) mass is 265 g/mol. The maximum Gasteiger partial charge on any atom is 0.317 e. The molecule has 19 heavy (non-hydrogen) atoms. The van der Waals surface area contributed by atoms with Crippen LogP contribution >= 0.6 is 0 Å². The van der Waals surface area contributed by atoms with Crippen molar-refractivity contribution in [1.82, 2.24) is 15.2 Å². The first-order chi connectivity index (χ1) is 9.04. The third kappa shape index (κ3) is 4.95. The van der Waals surface area contributed by atoms with Crippen LogP contribution in [0, 0.1) is 6.92 Å². The number of rotatable bonds is 6. The number of nitrogens with one attached hydrogen (secondary N) is 1. The molecule has 1 aromatic heterocycles. The Morgan fingerprint density at radius 2 is 2.21 bits per heavy atom. The molecule has 0 aliphatic rings. The van der Waals surface area contributed by atoms with Gasteiger partial charge in [0.15, 0.2) is 0 Å². The lowest BCUT2D eigenvalue weighted by Crippen LogP contribution is -2.40. The molecule has 2 N–H and O–H groups in total. The molecular formula is C13H19N3O3. The topological polar surface area (TPSA) is 82.5 Å². The number of amides is 2. The molecule has 0 bridgehead atoms. The third-order valence-electron chi connectivity index (χ3n) is 2.79. The number of aromatic nitrogens is 1. The Kier molecular flexibility index (Phi) is 5.78. The molecule has 1 aromatic rings. The SMILES string of the molecule is CCN(CCC(=O)O)C(=O)NCc1ncccc1C. The number of hydrogen-bond donors (Lipinski definition) is 2. The van der Waals surface area contributed by atoms with E-state index in [4.69, 9.17) is 5.11 Å². The van der Waals surface area contributed by atoms with Gasteiger partial charge in [0.1, 0.15) is 0 Å². The highest BCUT2D eigenvalue weighted by atomic mass is 16.4. The summed E-state index contributed by atoms with van der Waals surface area (Å²) in [5.74, 6) is -0.910. The summed E-state index contributed by atoms with van der Waals surface area (Å²) in [6, 6.07) is 3.50. The number of hydrogen-bond acceptors (Lipinski definition) is 3. The highest BCUT2D eigenvalue weighted by molar-refractivity contribution is 5.75. The summed E-state index contributed by atoms with van der Waals surface area (Å²) in [5, 5.41) is 11.4. The lowest BCUT2D eigenvalue weighted by Gasteiger charge is -2.20. The summed E-state index contributed by atoms with van der Waals surface area (Å²) >= 11 is 0. The first-order valence-corrected chi connectivity index (χ1v) is 6.19. The van der Waals surface area contributed by atoms with Crippen LogP contribution in [-0.4, -0.2) is 40.1 Å². The molecule has 0 aromatic carbocycles. The molecule has 0 atom stereocenters. The molecule has 104 valence electrons. The van der Waals surface area contributed by atoms with Crippen molar-refractivity contribution in [1.29, 1.82) is 0 Å². The molecule has 0 saturated carbocycles. The zero-order chi connectivity index (χ0) is 14.3. The third-order valence-corrected chi connectivity index (χ3v) is 2.79. The molecular weight excluding hydrogens is 246 g/mol. The Labute approximate surface area is 112 Å². The van der Waals surface area contributed by atoms with Gasteiger partial charge in [-0.15, -0.1) is 0 Å². The van der Waals surface area contributed by atoms with Gasteiger partial charge in [-0.3, -0.25) is 9.78 Å². The fourth-order valence-electron chi connectivity index (χ4n) is 1.61. The van der Waals surface area contributed by atoms with Gasteiger partial charge in [-0.1, -0.05) is 6.07 Å². The minimum Gasteiger partial charge on any atom is -0.481 e. The second kappa shape index (κ2) is 7.35. The van der Waals surface area contributed by atoms with Crippen molar-refractivity contribution in [2.24, 2.45) is 0 Å². The van der Waals surface area contributed by atoms with E-state index >= 15 is 0 Å². The van der Waals surface area contributed by atoms with E-state index in [9.17, 15) is 9.59 Å². The number of pyridine rings is 1. The first kappa shape index (κ1) is 14.9. The quantitative estimate of drug-likeness (QED) is 0.814. The predicted octanol–water partition coefficient (Wildman–Crippen LogP) is 1.40. The number of nitrogens with zero attached hydrogens (tertiary/aromatic N) is 2. The van der Waals surface area contributed by atoms with Crippen LogP contribution in [0.1, 0.15) is 24.6 Å². The molecule has 6 nitrogen and oxygen atoms in total. The lowest BCUT2D eigenvalue weighted by atomic mass is 10.2. The normalized spacial score (nSPS) is 10.0. The zero-order valence-electron chi connectivity index (χ0n) is 11.2. The molecule has 1 rings (SSSR count). The Morgan fingerprint density at radius 1 is 1.47 bits per heavy atom. The summed E-state index contributed by atoms with van der Waals surface area (Å²) in [6.07, 6.45) is 1.63. The summed E-state index contributed by atoms with van der Waals surface area (Å²) in [6.45, 7) is 4.76. The number of carboxylic acid groups (broad SMARTS) is 1. The zero-order valence-corrected chi connectivity index (χ0v) is 11.2. The van der Waals surface area contributed by atoms with E-state index in [0.717, 1.165) is 11.3 Å². The standard InChI is InChI=1S/C13H19N3O3/c1-3-16(8-6-12(17)18)13(19)15-9-11-10(2)5-4-7-14-11/h4-5,7H,3,6,8-9H2,1-2H3,(H,15,19)(H,17,18). The smallest absolute Gasteiger partial charge is 0.317 e. The van der Waals surface area contributed by atoms with Crippen molar-refractivity contribution in [2.45, 2.75) is 26.8 Å². The van der Waals surface area contributed by atoms with E-state index in [2.05, 4.69) is 10.3 Å². The van der Waals surface area contributed by atoms with Gasteiger partial charge in [0, 0.05) is 19.3 Å². The summed E-state index contributed by atoms with van der Waals surface area (Å²) in [7, 11) is 0. The molecule has 0 radical (unpaired) electrons. The highest BCUT2D eigenvalue weighted by Crippen LogP contribution is 2.03. The Morgan fingerprint density at radius 3 is 2.79 bits per heavy atom. The summed E-state index contributed by atoms with van der Waals surface area (Å²) < 4.78 is 0. The van der Waals surface area contributed by atoms with Crippen LogP contribution in [0.25, 0.3) is 0 Å². The molecule has 0 aliphatic carbocycles. The number of aliphatic carboxylic acids is 1. The molecule has 0 fully saturated rings. The maximum atomic E-state index is 11.9. The maximum absolute atomic E-state index is 11.9. The number of carbonyl (C=O) groups excluding carboxylic acids is 1. The van der Waals surface area contributed by atoms with Crippen LogP contribution in [0.3, 0.4) is 0 Å². The van der Waals surface area contributed by atoms with E-state index in [1.807, 2.05) is 26.0 Å². The number of carboxylic acids is 1. The molecule has 6 heteroatoms. The van der Waals surface area contributed by atoms with E-state index in [1.165, 1.54) is 4.90 Å². The van der Waals surface area contributed by atoms with E-state index in [1.54, 1.807) is 6.20 Å². The van der Waals surface area contributed by atoms with Crippen LogP contribution in [-0.2, 0) is 11.3 Å². The van der Waals surface area contributed by atoms with Gasteiger partial charge in [0.2, 0.25) is 0 Å². The van der Waals surface area contributed by atoms with Crippen molar-refractivity contribution in [3.8, 4) is 0 Å². The van der Waals surface area contributed by atoms with Crippen LogP contribution in [0.2, 0.25) is 0 Å². The second-order valence-corrected chi connectivity index (χ2v) is 4.15. The minimum absolute atomic E-state index is 0.0517. The lowest BCUT2D eigenvalue weighted by molar-refractivity contribution is -0.137. The van der Waals surface area contributed by atoms with Crippen LogP contribution in [0.4, 0.5) is 4.79 Å². The van der Waals surface area contributed by atoms with Crippen molar-refractivity contribution >= 4 is 12.0 Å². The molecule has 0 unspecified atom stereocenters. The van der Waals surface area contributed by atoms with Crippen LogP contribution < -0.4 is 5.32 Å². The Bertz CT molecular complexity index is 449. The molecule has 0 spiro atoms. The van der Waals surface area contributed by atoms with Crippen molar-refractivity contribution < 1.29 is 14.7 Å². The molecule has 0 saturated heterocycles. The Hall–Kier alpha value is -2.11. The van der Waals surface area contributed by atoms with Gasteiger partial charge in [-0.2, -0.15) is 0 Å². The average Bonchev–Trinajstić information content (AvgIpc) is 2.38. The number of urea groups is 1. The van der Waals surface area contributed by atoms with Crippen LogP contribution in [0.5, 0.6) is 0 Å². The summed E-state index contributed by atoms with van der Waals surface area (Å²) in [5.41, 5.74) is 1.82. The fourth-order valence-corrected chi connectivity index (χ4v) is 1.61. The highest BCUT2D eigenvalue weighted by Gasteiger charge is 2.12.